The van der Waals surface area contributed by atoms with Crippen molar-refractivity contribution >= 4 is 18.0 Å². The molecule has 15 heavy (non-hydrogen) atoms. The van der Waals surface area contributed by atoms with Gasteiger partial charge in [0.25, 0.3) is 0 Å². The lowest BCUT2D eigenvalue weighted by atomic mass is 10.0. The third-order valence-corrected chi connectivity index (χ3v) is 2.87. The number of aliphatic imine (C=N–C) groups is 1. The Hall–Kier alpha value is -1.39. The van der Waals surface area contributed by atoms with E-state index in [0.717, 1.165) is 19.4 Å². The molecular formula is C10H15N3O2. The van der Waals surface area contributed by atoms with Crippen molar-refractivity contribution < 1.29 is 9.53 Å². The Balaban J connectivity index is 2.02. The van der Waals surface area contributed by atoms with Crippen molar-refractivity contribution in [2.45, 2.75) is 31.8 Å². The summed E-state index contributed by atoms with van der Waals surface area (Å²) in [5, 5.41) is 7.73. The molecule has 1 saturated heterocycles. The zero-order valence-electron chi connectivity index (χ0n) is 8.77. The monoisotopic (exact) mass is 209 g/mol. The summed E-state index contributed by atoms with van der Waals surface area (Å²) in [5.74, 6) is -0.534. The highest BCUT2D eigenvalue weighted by molar-refractivity contribution is 6.37. The quantitative estimate of drug-likeness (QED) is 0.542. The maximum absolute atomic E-state index is 11.4. The lowest BCUT2D eigenvalue weighted by Crippen LogP contribution is -2.39. The van der Waals surface area contributed by atoms with Crippen molar-refractivity contribution in [3.05, 3.63) is 0 Å². The molecule has 0 radical (unpaired) electrons. The van der Waals surface area contributed by atoms with Crippen LogP contribution >= 0.6 is 0 Å². The summed E-state index contributed by atoms with van der Waals surface area (Å²) in [5.41, 5.74) is -0.0116. The molecule has 0 aromatic carbocycles. The van der Waals surface area contributed by atoms with Crippen molar-refractivity contribution in [1.82, 2.24) is 4.90 Å². The zero-order valence-corrected chi connectivity index (χ0v) is 8.77. The van der Waals surface area contributed by atoms with E-state index in [4.69, 9.17) is 10.1 Å². The van der Waals surface area contributed by atoms with Crippen LogP contribution < -0.4 is 0 Å². The first-order valence-electron chi connectivity index (χ1n) is 5.28. The topological polar surface area (TPSA) is 65.8 Å². The van der Waals surface area contributed by atoms with Crippen molar-refractivity contribution in [2.24, 2.45) is 4.99 Å². The standard InChI is InChI=1S/C10H15N3O2/c1-2-15-10(14)8(11)9-7-4-3-5-13(7)6-12-9/h6-7,9,11H,2-5H2,1H3. The number of esters is 1. The number of fused-ring (bicyclic) bond motifs is 1. The Morgan fingerprint density at radius 2 is 2.53 bits per heavy atom. The fraction of sp³-hybridized carbons (Fsp3) is 0.700. The summed E-state index contributed by atoms with van der Waals surface area (Å²) in [6, 6.07) is -0.103. The van der Waals surface area contributed by atoms with Gasteiger partial charge in [-0.2, -0.15) is 0 Å². The number of nitrogens with one attached hydrogen (secondary N) is 1. The van der Waals surface area contributed by atoms with Gasteiger partial charge in [-0.25, -0.2) is 4.79 Å². The minimum atomic E-state index is -0.534. The number of carbonyl (C=O) groups excluding carboxylic acids is 1. The summed E-state index contributed by atoms with van der Waals surface area (Å²) in [4.78, 5) is 17.7. The van der Waals surface area contributed by atoms with E-state index in [1.54, 1.807) is 13.3 Å². The van der Waals surface area contributed by atoms with E-state index in [1.165, 1.54) is 0 Å². The smallest absolute Gasteiger partial charge is 0.354 e. The average Bonchev–Trinajstić information content (AvgIpc) is 2.77. The largest absolute Gasteiger partial charge is 0.461 e. The van der Waals surface area contributed by atoms with Crippen LogP contribution in [0.25, 0.3) is 0 Å². The number of nitrogens with zero attached hydrogens (tertiary/aromatic N) is 2. The van der Waals surface area contributed by atoms with Crippen LogP contribution in [0.5, 0.6) is 0 Å². The Labute approximate surface area is 88.6 Å². The fourth-order valence-corrected chi connectivity index (χ4v) is 2.15. The van der Waals surface area contributed by atoms with Gasteiger partial charge in [-0.3, -0.25) is 10.4 Å². The number of hydrogen-bond acceptors (Lipinski definition) is 5. The molecule has 0 aliphatic carbocycles. The van der Waals surface area contributed by atoms with Crippen LogP contribution in [0.3, 0.4) is 0 Å². The second-order valence-electron chi connectivity index (χ2n) is 3.79. The van der Waals surface area contributed by atoms with E-state index in [9.17, 15) is 4.79 Å². The Bertz CT molecular complexity index is 314. The van der Waals surface area contributed by atoms with Crippen LogP contribution in [-0.2, 0) is 9.53 Å². The molecule has 0 bridgehead atoms. The number of hydrogen-bond donors (Lipinski definition) is 1. The molecule has 1 fully saturated rings. The normalized spacial score (nSPS) is 27.9. The third-order valence-electron chi connectivity index (χ3n) is 2.87. The summed E-state index contributed by atoms with van der Waals surface area (Å²) in [6.07, 6.45) is 3.88. The zero-order chi connectivity index (χ0) is 10.8. The second-order valence-corrected chi connectivity index (χ2v) is 3.79. The molecule has 2 aliphatic rings. The Morgan fingerprint density at radius 1 is 1.73 bits per heavy atom. The van der Waals surface area contributed by atoms with Gasteiger partial charge in [0.05, 0.1) is 19.0 Å². The van der Waals surface area contributed by atoms with Crippen LogP contribution in [0.2, 0.25) is 0 Å². The van der Waals surface area contributed by atoms with E-state index in [1.807, 2.05) is 0 Å². The van der Waals surface area contributed by atoms with Gasteiger partial charge >= 0.3 is 5.97 Å². The average molecular weight is 209 g/mol. The fourth-order valence-electron chi connectivity index (χ4n) is 2.15. The van der Waals surface area contributed by atoms with Crippen LogP contribution in [0.4, 0.5) is 0 Å². The van der Waals surface area contributed by atoms with Gasteiger partial charge in [-0.15, -0.1) is 0 Å². The van der Waals surface area contributed by atoms with Gasteiger partial charge in [0.1, 0.15) is 11.8 Å². The molecule has 0 spiro atoms. The first-order chi connectivity index (χ1) is 7.24. The molecular weight excluding hydrogens is 194 g/mol. The molecule has 2 atom stereocenters. The van der Waals surface area contributed by atoms with E-state index in [2.05, 4.69) is 9.89 Å². The third kappa shape index (κ3) is 1.73. The van der Waals surface area contributed by atoms with Gasteiger partial charge in [0.2, 0.25) is 0 Å². The van der Waals surface area contributed by atoms with Crippen LogP contribution in [0.15, 0.2) is 4.99 Å². The van der Waals surface area contributed by atoms with Crippen molar-refractivity contribution in [3.63, 3.8) is 0 Å². The highest BCUT2D eigenvalue weighted by Crippen LogP contribution is 2.25. The molecule has 2 rings (SSSR count). The Morgan fingerprint density at radius 3 is 3.27 bits per heavy atom. The molecule has 2 unspecified atom stereocenters. The molecule has 0 aromatic heterocycles. The van der Waals surface area contributed by atoms with Crippen LogP contribution in [0, 0.1) is 5.41 Å². The molecule has 82 valence electrons. The summed E-state index contributed by atoms with van der Waals surface area (Å²) < 4.78 is 4.81. The SMILES string of the molecule is CCOC(=O)C(=N)C1N=CN2CCCC12. The molecule has 0 amide bonds. The first-order valence-corrected chi connectivity index (χ1v) is 5.28. The molecule has 1 N–H and O–H groups in total. The highest BCUT2D eigenvalue weighted by atomic mass is 16.5. The predicted molar refractivity (Wildman–Crippen MR) is 56.4 cm³/mol. The van der Waals surface area contributed by atoms with Gasteiger partial charge in [0.15, 0.2) is 0 Å². The van der Waals surface area contributed by atoms with E-state index < -0.39 is 5.97 Å². The highest BCUT2D eigenvalue weighted by Gasteiger charge is 2.39. The first kappa shape index (κ1) is 10.1. The molecule has 5 nitrogen and oxygen atoms in total. The number of ether oxygens (including phenoxy) is 1. The van der Waals surface area contributed by atoms with Gasteiger partial charge in [0, 0.05) is 6.54 Å². The number of carbonyl (C=O) groups is 1. The number of rotatable bonds is 3. The van der Waals surface area contributed by atoms with Crippen molar-refractivity contribution in [3.8, 4) is 0 Å². The molecule has 5 heteroatoms. The van der Waals surface area contributed by atoms with Crippen molar-refractivity contribution in [1.29, 1.82) is 5.41 Å². The second kappa shape index (κ2) is 4.00. The van der Waals surface area contributed by atoms with Gasteiger partial charge in [-0.1, -0.05) is 0 Å². The minimum Gasteiger partial charge on any atom is -0.461 e. The van der Waals surface area contributed by atoms with Gasteiger partial charge in [-0.05, 0) is 19.8 Å². The summed E-state index contributed by atoms with van der Waals surface area (Å²) >= 11 is 0. The van der Waals surface area contributed by atoms with Crippen molar-refractivity contribution in [2.75, 3.05) is 13.2 Å². The minimum absolute atomic E-state index is 0.0116. The summed E-state index contributed by atoms with van der Waals surface area (Å²) in [6.45, 7) is 3.04. The maximum atomic E-state index is 11.4. The Kier molecular flexibility index (Phi) is 2.70. The van der Waals surface area contributed by atoms with E-state index in [-0.39, 0.29) is 17.8 Å². The van der Waals surface area contributed by atoms with Crippen LogP contribution in [-0.4, -0.2) is 48.2 Å². The predicted octanol–water partition coefficient (Wildman–Crippen LogP) is 0.444. The lowest BCUT2D eigenvalue weighted by Gasteiger charge is -2.19. The molecule has 2 heterocycles. The lowest BCUT2D eigenvalue weighted by molar-refractivity contribution is -0.135. The van der Waals surface area contributed by atoms with E-state index in [0.29, 0.717) is 6.61 Å². The molecule has 0 saturated carbocycles. The van der Waals surface area contributed by atoms with Gasteiger partial charge < -0.3 is 9.64 Å². The van der Waals surface area contributed by atoms with E-state index >= 15 is 0 Å². The van der Waals surface area contributed by atoms with Crippen LogP contribution in [0.1, 0.15) is 19.8 Å². The maximum Gasteiger partial charge on any atom is 0.354 e. The molecule has 2 aliphatic heterocycles. The summed E-state index contributed by atoms with van der Waals surface area (Å²) in [7, 11) is 0. The molecule has 0 aromatic rings.